The predicted octanol–water partition coefficient (Wildman–Crippen LogP) is 2.61. The minimum atomic E-state index is 0.457. The van der Waals surface area contributed by atoms with E-state index in [2.05, 4.69) is 50.0 Å². The van der Waals surface area contributed by atoms with Gasteiger partial charge in [-0.25, -0.2) is 9.97 Å². The second-order valence-corrected chi connectivity index (χ2v) is 4.95. The van der Waals surface area contributed by atoms with Crippen molar-refractivity contribution < 1.29 is 0 Å². The third kappa shape index (κ3) is 1.68. The molecule has 2 heterocycles. The zero-order chi connectivity index (χ0) is 12.7. The highest BCUT2D eigenvalue weighted by atomic mass is 15.1. The number of nitrogens with zero attached hydrogens (tertiary/aromatic N) is 3. The van der Waals surface area contributed by atoms with E-state index in [-0.39, 0.29) is 0 Å². The van der Waals surface area contributed by atoms with Gasteiger partial charge in [0, 0.05) is 18.4 Å². The Hall–Kier alpha value is -2.36. The lowest BCUT2D eigenvalue weighted by atomic mass is 10.1. The Morgan fingerprint density at radius 3 is 2.63 bits per heavy atom. The number of hydrogen-bond donors (Lipinski definition) is 1. The van der Waals surface area contributed by atoms with Crippen LogP contribution >= 0.6 is 0 Å². The molecule has 0 fully saturated rings. The van der Waals surface area contributed by atoms with Crippen molar-refractivity contribution in [3.63, 3.8) is 0 Å². The molecule has 0 saturated heterocycles. The van der Waals surface area contributed by atoms with Crippen molar-refractivity contribution in [2.75, 3.05) is 0 Å². The molecule has 1 N–H and O–H groups in total. The van der Waals surface area contributed by atoms with Crippen LogP contribution in [0.5, 0.6) is 0 Å². The van der Waals surface area contributed by atoms with Gasteiger partial charge in [-0.05, 0) is 24.0 Å². The standard InChI is InChI=1S/C15H14N4/c1-2-4-12-8-13(7-11(12)3-1)19-6-5-17-15(19)14-9-16-10-18-14/h1-6,9-10,13H,7-8H2,(H,16,18). The van der Waals surface area contributed by atoms with Crippen molar-refractivity contribution in [3.8, 4) is 11.5 Å². The Balaban J connectivity index is 1.71. The topological polar surface area (TPSA) is 46.5 Å². The van der Waals surface area contributed by atoms with Crippen LogP contribution in [0.25, 0.3) is 11.5 Å². The van der Waals surface area contributed by atoms with Crippen LogP contribution in [0.2, 0.25) is 0 Å². The lowest BCUT2D eigenvalue weighted by Gasteiger charge is -2.14. The predicted molar refractivity (Wildman–Crippen MR) is 72.7 cm³/mol. The third-order valence-electron chi connectivity index (χ3n) is 3.83. The second-order valence-electron chi connectivity index (χ2n) is 4.95. The number of fused-ring (bicyclic) bond motifs is 1. The number of hydrogen-bond acceptors (Lipinski definition) is 2. The number of aromatic amines is 1. The van der Waals surface area contributed by atoms with Crippen molar-refractivity contribution in [1.29, 1.82) is 0 Å². The van der Waals surface area contributed by atoms with E-state index in [0.717, 1.165) is 24.4 Å². The molecular weight excluding hydrogens is 236 g/mol. The fourth-order valence-corrected chi connectivity index (χ4v) is 2.93. The van der Waals surface area contributed by atoms with Gasteiger partial charge in [0.1, 0.15) is 5.69 Å². The summed E-state index contributed by atoms with van der Waals surface area (Å²) in [7, 11) is 0. The molecule has 19 heavy (non-hydrogen) atoms. The van der Waals surface area contributed by atoms with Gasteiger partial charge in [-0.3, -0.25) is 0 Å². The van der Waals surface area contributed by atoms with Gasteiger partial charge in [-0.15, -0.1) is 0 Å². The summed E-state index contributed by atoms with van der Waals surface area (Å²) >= 11 is 0. The molecule has 0 aliphatic heterocycles. The van der Waals surface area contributed by atoms with Gasteiger partial charge in [-0.1, -0.05) is 24.3 Å². The molecule has 0 unspecified atom stereocenters. The highest BCUT2D eigenvalue weighted by molar-refractivity contribution is 5.48. The van der Waals surface area contributed by atoms with Crippen molar-refractivity contribution in [2.24, 2.45) is 0 Å². The number of nitrogens with one attached hydrogen (secondary N) is 1. The first-order valence-electron chi connectivity index (χ1n) is 6.50. The monoisotopic (exact) mass is 250 g/mol. The SMILES string of the molecule is c1ccc2c(c1)CC(n1ccnc1-c1cnc[nH]1)C2. The number of imidazole rings is 2. The summed E-state index contributed by atoms with van der Waals surface area (Å²) in [6.45, 7) is 0. The minimum Gasteiger partial charge on any atom is -0.342 e. The highest BCUT2D eigenvalue weighted by Crippen LogP contribution is 2.32. The quantitative estimate of drug-likeness (QED) is 0.760. The molecule has 0 amide bonds. The summed E-state index contributed by atoms with van der Waals surface area (Å²) in [4.78, 5) is 11.7. The van der Waals surface area contributed by atoms with Gasteiger partial charge in [-0.2, -0.15) is 0 Å². The summed E-state index contributed by atoms with van der Waals surface area (Å²) in [6, 6.07) is 9.14. The average Bonchev–Trinajstić information content (AvgIpc) is 3.17. The largest absolute Gasteiger partial charge is 0.342 e. The zero-order valence-electron chi connectivity index (χ0n) is 10.5. The molecule has 0 radical (unpaired) electrons. The van der Waals surface area contributed by atoms with E-state index in [1.54, 1.807) is 6.33 Å². The Morgan fingerprint density at radius 1 is 1.16 bits per heavy atom. The lowest BCUT2D eigenvalue weighted by Crippen LogP contribution is -2.09. The van der Waals surface area contributed by atoms with Crippen LogP contribution in [-0.4, -0.2) is 19.5 Å². The summed E-state index contributed by atoms with van der Waals surface area (Å²) in [5, 5.41) is 0. The summed E-state index contributed by atoms with van der Waals surface area (Å²) < 4.78 is 2.26. The minimum absolute atomic E-state index is 0.457. The van der Waals surface area contributed by atoms with Gasteiger partial charge in [0.15, 0.2) is 5.82 Å². The molecule has 0 spiro atoms. The van der Waals surface area contributed by atoms with E-state index >= 15 is 0 Å². The molecule has 3 aromatic rings. The van der Waals surface area contributed by atoms with E-state index in [1.807, 2.05) is 12.4 Å². The number of H-pyrrole nitrogens is 1. The molecular formula is C15H14N4. The highest BCUT2D eigenvalue weighted by Gasteiger charge is 2.24. The van der Waals surface area contributed by atoms with Crippen molar-refractivity contribution in [3.05, 3.63) is 60.3 Å². The Kier molecular flexibility index (Phi) is 2.27. The third-order valence-corrected chi connectivity index (χ3v) is 3.83. The number of rotatable bonds is 2. The van der Waals surface area contributed by atoms with E-state index < -0.39 is 0 Å². The normalized spacial score (nSPS) is 14.7. The molecule has 4 rings (SSSR count). The average molecular weight is 250 g/mol. The molecule has 4 nitrogen and oxygen atoms in total. The van der Waals surface area contributed by atoms with Gasteiger partial charge in [0.05, 0.1) is 12.5 Å². The second kappa shape index (κ2) is 4.09. The van der Waals surface area contributed by atoms with Crippen LogP contribution in [0.15, 0.2) is 49.2 Å². The van der Waals surface area contributed by atoms with Crippen LogP contribution in [0, 0.1) is 0 Å². The summed E-state index contributed by atoms with van der Waals surface area (Å²) in [5.74, 6) is 0.968. The summed E-state index contributed by atoms with van der Waals surface area (Å²) in [5.41, 5.74) is 3.88. The van der Waals surface area contributed by atoms with Crippen molar-refractivity contribution in [2.45, 2.75) is 18.9 Å². The van der Waals surface area contributed by atoms with Gasteiger partial charge >= 0.3 is 0 Å². The van der Waals surface area contributed by atoms with E-state index in [4.69, 9.17) is 0 Å². The maximum atomic E-state index is 4.46. The Labute approximate surface area is 111 Å². The van der Waals surface area contributed by atoms with Crippen LogP contribution in [0.1, 0.15) is 17.2 Å². The molecule has 0 saturated carbocycles. The van der Waals surface area contributed by atoms with Gasteiger partial charge in [0.25, 0.3) is 0 Å². The number of benzene rings is 1. The Bertz CT molecular complexity index is 672. The van der Waals surface area contributed by atoms with E-state index in [9.17, 15) is 0 Å². The lowest BCUT2D eigenvalue weighted by molar-refractivity contribution is 0.533. The first-order chi connectivity index (χ1) is 9.42. The van der Waals surface area contributed by atoms with Crippen LogP contribution in [-0.2, 0) is 12.8 Å². The first-order valence-corrected chi connectivity index (χ1v) is 6.50. The number of aromatic nitrogens is 4. The van der Waals surface area contributed by atoms with E-state index in [0.29, 0.717) is 6.04 Å². The fourth-order valence-electron chi connectivity index (χ4n) is 2.93. The fraction of sp³-hybridized carbons (Fsp3) is 0.200. The van der Waals surface area contributed by atoms with Crippen LogP contribution < -0.4 is 0 Å². The molecule has 0 atom stereocenters. The maximum absolute atomic E-state index is 4.46. The molecule has 1 aromatic carbocycles. The molecule has 2 aromatic heterocycles. The van der Waals surface area contributed by atoms with Crippen LogP contribution in [0.3, 0.4) is 0 Å². The summed E-state index contributed by atoms with van der Waals surface area (Å²) in [6.07, 6.45) is 9.59. The Morgan fingerprint density at radius 2 is 1.95 bits per heavy atom. The molecule has 94 valence electrons. The van der Waals surface area contributed by atoms with E-state index in [1.165, 1.54) is 11.1 Å². The molecule has 0 bridgehead atoms. The van der Waals surface area contributed by atoms with Gasteiger partial charge < -0.3 is 9.55 Å². The van der Waals surface area contributed by atoms with Crippen molar-refractivity contribution in [1.82, 2.24) is 19.5 Å². The smallest absolute Gasteiger partial charge is 0.158 e. The molecule has 1 aliphatic rings. The van der Waals surface area contributed by atoms with Crippen LogP contribution in [0.4, 0.5) is 0 Å². The van der Waals surface area contributed by atoms with Gasteiger partial charge in [0.2, 0.25) is 0 Å². The maximum Gasteiger partial charge on any atom is 0.158 e. The first kappa shape index (κ1) is 10.6. The zero-order valence-corrected chi connectivity index (χ0v) is 10.5. The molecule has 1 aliphatic carbocycles. The van der Waals surface area contributed by atoms with Crippen molar-refractivity contribution >= 4 is 0 Å². The molecule has 4 heteroatoms.